The summed E-state index contributed by atoms with van der Waals surface area (Å²) >= 11 is 0. The standard InChI is InChI=1S/C15H11S/c1-2-11-16-14-9-5-3-7-12(14)13-8-4-6-10-15(13)16/h3-10H,1H3/q+1. The number of hydrogen-bond acceptors (Lipinski definition) is 0. The van der Waals surface area contributed by atoms with Crippen molar-refractivity contribution in [3.8, 4) is 11.2 Å². The van der Waals surface area contributed by atoms with Crippen molar-refractivity contribution < 1.29 is 0 Å². The van der Waals surface area contributed by atoms with Crippen molar-refractivity contribution in [2.75, 3.05) is 0 Å². The highest BCUT2D eigenvalue weighted by Crippen LogP contribution is 2.41. The Morgan fingerprint density at radius 1 is 0.812 bits per heavy atom. The predicted octanol–water partition coefficient (Wildman–Crippen LogP) is 4.57. The summed E-state index contributed by atoms with van der Waals surface area (Å²) in [5.74, 6) is 3.05. The van der Waals surface area contributed by atoms with Crippen LogP contribution in [0.1, 0.15) is 6.92 Å². The Kier molecular flexibility index (Phi) is 2.16. The zero-order valence-corrected chi connectivity index (χ0v) is 9.84. The average molecular weight is 223 g/mol. The molecule has 0 unspecified atom stereocenters. The van der Waals surface area contributed by atoms with Gasteiger partial charge in [-0.05, 0) is 30.2 Å². The normalized spacial score (nSPS) is 10.3. The van der Waals surface area contributed by atoms with Gasteiger partial charge in [-0.1, -0.05) is 24.3 Å². The fourth-order valence-corrected chi connectivity index (χ4v) is 3.95. The molecule has 0 bridgehead atoms. The van der Waals surface area contributed by atoms with Crippen molar-refractivity contribution in [3.63, 3.8) is 0 Å². The second-order valence-corrected chi connectivity index (χ2v) is 5.35. The Hall–Kier alpha value is -1.78. The van der Waals surface area contributed by atoms with Gasteiger partial charge in [-0.15, -0.1) is 0 Å². The molecule has 1 heterocycles. The maximum Gasteiger partial charge on any atom is 0.197 e. The second-order valence-electron chi connectivity index (χ2n) is 3.65. The van der Waals surface area contributed by atoms with E-state index in [9.17, 15) is 0 Å². The fourth-order valence-electron chi connectivity index (χ4n) is 2.06. The molecule has 0 radical (unpaired) electrons. The molecule has 2 aromatic carbocycles. The van der Waals surface area contributed by atoms with Crippen molar-refractivity contribution >= 4 is 30.6 Å². The van der Waals surface area contributed by atoms with E-state index in [0.29, 0.717) is 0 Å². The minimum absolute atomic E-state index is 0.0383. The summed E-state index contributed by atoms with van der Waals surface area (Å²) in [6, 6.07) is 17.2. The molecule has 0 saturated carbocycles. The largest absolute Gasteiger partial charge is 0.197 e. The van der Waals surface area contributed by atoms with Crippen molar-refractivity contribution in [2.45, 2.75) is 6.92 Å². The number of hydrogen-bond donors (Lipinski definition) is 0. The van der Waals surface area contributed by atoms with Crippen LogP contribution < -0.4 is 0 Å². The Morgan fingerprint density at radius 3 is 1.81 bits per heavy atom. The fraction of sp³-hybridized carbons (Fsp3) is 0.0667. The van der Waals surface area contributed by atoms with Crippen LogP contribution in [0.4, 0.5) is 0 Å². The van der Waals surface area contributed by atoms with Crippen molar-refractivity contribution in [3.05, 3.63) is 48.5 Å². The first-order valence-corrected chi connectivity index (χ1v) is 6.49. The molecule has 3 aromatic rings. The van der Waals surface area contributed by atoms with Gasteiger partial charge >= 0.3 is 0 Å². The third-order valence-corrected chi connectivity index (χ3v) is 4.71. The van der Waals surface area contributed by atoms with Gasteiger partial charge in [0.1, 0.15) is 0 Å². The molecule has 0 fully saturated rings. The van der Waals surface area contributed by atoms with Gasteiger partial charge in [-0.2, -0.15) is 0 Å². The van der Waals surface area contributed by atoms with Crippen LogP contribution in [-0.2, 0) is 0 Å². The molecule has 0 aliphatic heterocycles. The van der Waals surface area contributed by atoms with Crippen molar-refractivity contribution in [1.82, 2.24) is 0 Å². The van der Waals surface area contributed by atoms with Crippen molar-refractivity contribution in [1.29, 1.82) is 0 Å². The predicted molar refractivity (Wildman–Crippen MR) is 72.8 cm³/mol. The van der Waals surface area contributed by atoms with E-state index in [2.05, 4.69) is 59.7 Å². The van der Waals surface area contributed by atoms with Crippen LogP contribution in [0.25, 0.3) is 20.2 Å². The molecule has 0 atom stereocenters. The summed E-state index contributed by atoms with van der Waals surface area (Å²) in [6.45, 7) is 1.91. The molecular formula is C15H11S+. The molecule has 0 aliphatic carbocycles. The smallest absolute Gasteiger partial charge is 0.0612 e. The minimum atomic E-state index is -0.0383. The lowest BCUT2D eigenvalue weighted by molar-refractivity contribution is 1.84. The third-order valence-electron chi connectivity index (χ3n) is 2.71. The summed E-state index contributed by atoms with van der Waals surface area (Å²) in [4.78, 5) is 0. The number of benzene rings is 2. The molecule has 3 rings (SSSR count). The van der Waals surface area contributed by atoms with E-state index >= 15 is 0 Å². The van der Waals surface area contributed by atoms with E-state index in [-0.39, 0.29) is 10.5 Å². The van der Waals surface area contributed by atoms with E-state index in [0.717, 1.165) is 0 Å². The summed E-state index contributed by atoms with van der Waals surface area (Å²) in [6.07, 6.45) is 0. The van der Waals surface area contributed by atoms with Crippen LogP contribution in [0.2, 0.25) is 0 Å². The first-order chi connectivity index (χ1) is 7.92. The molecule has 0 spiro atoms. The summed E-state index contributed by atoms with van der Waals surface area (Å²) in [5, 5.41) is 6.04. The van der Waals surface area contributed by atoms with Crippen LogP contribution >= 0.6 is 10.5 Å². The summed E-state index contributed by atoms with van der Waals surface area (Å²) in [7, 11) is -0.0383. The Labute approximate surface area is 97.5 Å². The molecule has 1 heteroatoms. The van der Waals surface area contributed by atoms with E-state index in [4.69, 9.17) is 0 Å². The molecule has 0 aliphatic rings. The van der Waals surface area contributed by atoms with Gasteiger partial charge < -0.3 is 0 Å². The van der Waals surface area contributed by atoms with Gasteiger partial charge in [0.25, 0.3) is 0 Å². The lowest BCUT2D eigenvalue weighted by atomic mass is 10.2. The molecular weight excluding hydrogens is 212 g/mol. The molecule has 0 amide bonds. The Bertz CT molecular complexity index is 670. The van der Waals surface area contributed by atoms with Gasteiger partial charge in [0, 0.05) is 17.7 Å². The Morgan fingerprint density at radius 2 is 1.31 bits per heavy atom. The average Bonchev–Trinajstić information content (AvgIpc) is 2.66. The lowest BCUT2D eigenvalue weighted by Gasteiger charge is -1.83. The molecule has 1 aromatic heterocycles. The van der Waals surface area contributed by atoms with E-state index < -0.39 is 0 Å². The molecule has 0 saturated heterocycles. The van der Waals surface area contributed by atoms with Gasteiger partial charge in [-0.3, -0.25) is 0 Å². The Balaban J connectivity index is 2.62. The van der Waals surface area contributed by atoms with Crippen LogP contribution in [0.5, 0.6) is 0 Å². The number of fused-ring (bicyclic) bond motifs is 3. The van der Waals surface area contributed by atoms with Crippen LogP contribution in [0.15, 0.2) is 48.5 Å². The summed E-state index contributed by atoms with van der Waals surface area (Å²) in [5.41, 5.74) is 0. The van der Waals surface area contributed by atoms with Gasteiger partial charge in [0.05, 0.1) is 10.5 Å². The maximum absolute atomic E-state index is 3.33. The maximum atomic E-state index is 3.33. The minimum Gasteiger partial charge on any atom is -0.0612 e. The van der Waals surface area contributed by atoms with E-state index in [1.54, 1.807) is 0 Å². The van der Waals surface area contributed by atoms with Gasteiger partial charge in [-0.25, -0.2) is 0 Å². The molecule has 0 nitrogen and oxygen atoms in total. The topological polar surface area (TPSA) is 0 Å². The van der Waals surface area contributed by atoms with Crippen molar-refractivity contribution in [2.24, 2.45) is 0 Å². The molecule has 76 valence electrons. The van der Waals surface area contributed by atoms with Crippen LogP contribution in [-0.4, -0.2) is 0 Å². The first-order valence-electron chi connectivity index (χ1n) is 5.27. The second kappa shape index (κ2) is 3.66. The number of thiophene rings is 1. The van der Waals surface area contributed by atoms with Crippen LogP contribution in [0.3, 0.4) is 0 Å². The first kappa shape index (κ1) is 9.45. The highest BCUT2D eigenvalue weighted by molar-refractivity contribution is 7.48. The lowest BCUT2D eigenvalue weighted by Crippen LogP contribution is -1.62. The molecule has 0 N–H and O–H groups in total. The van der Waals surface area contributed by atoms with Crippen LogP contribution in [0, 0.1) is 11.2 Å². The van der Waals surface area contributed by atoms with Gasteiger partial charge in [0.2, 0.25) is 0 Å². The monoisotopic (exact) mass is 223 g/mol. The zero-order chi connectivity index (χ0) is 11.0. The highest BCUT2D eigenvalue weighted by Gasteiger charge is 2.18. The molecule has 16 heavy (non-hydrogen) atoms. The van der Waals surface area contributed by atoms with Gasteiger partial charge in [0.15, 0.2) is 14.7 Å². The SMILES string of the molecule is CC#C[s+]1c2ccccc2c2ccccc21. The summed E-state index contributed by atoms with van der Waals surface area (Å²) < 4.78 is 2.75. The number of rotatable bonds is 0. The quantitative estimate of drug-likeness (QED) is 0.387. The van der Waals surface area contributed by atoms with E-state index in [1.165, 1.54) is 20.2 Å². The van der Waals surface area contributed by atoms with E-state index in [1.807, 2.05) is 6.92 Å². The third kappa shape index (κ3) is 1.24. The zero-order valence-electron chi connectivity index (χ0n) is 9.03. The highest BCUT2D eigenvalue weighted by atomic mass is 32.2.